The van der Waals surface area contributed by atoms with E-state index in [9.17, 15) is 0 Å². The normalized spacial score (nSPS) is 11.5. The van der Waals surface area contributed by atoms with Gasteiger partial charge in [0.15, 0.2) is 0 Å². The number of rotatable bonds is 9. The average molecular weight is 218 g/mol. The fraction of sp³-hybridized carbons (Fsp3) is 0.900. The molecular formula is C10H22N2O3. The van der Waals surface area contributed by atoms with E-state index in [0.717, 1.165) is 25.9 Å². The third kappa shape index (κ3) is 11.1. The Hall–Kier alpha value is -0.810. The van der Waals surface area contributed by atoms with Gasteiger partial charge in [0, 0.05) is 20.1 Å². The molecule has 0 bridgehead atoms. The first-order valence-corrected chi connectivity index (χ1v) is 5.42. The topological polar surface area (TPSA) is 63.1 Å². The van der Waals surface area contributed by atoms with Crippen LogP contribution in [-0.4, -0.2) is 43.9 Å². The highest BCUT2D eigenvalue weighted by Gasteiger charge is 1.90. The molecular weight excluding hydrogens is 196 g/mol. The van der Waals surface area contributed by atoms with Crippen LogP contribution in [0, 0.1) is 0 Å². The zero-order valence-corrected chi connectivity index (χ0v) is 9.66. The van der Waals surface area contributed by atoms with Crippen LogP contribution in [0.2, 0.25) is 0 Å². The van der Waals surface area contributed by atoms with Crippen LogP contribution in [0.3, 0.4) is 0 Å². The van der Waals surface area contributed by atoms with Gasteiger partial charge in [0.1, 0.15) is 6.61 Å². The molecule has 0 amide bonds. The Morgan fingerprint density at radius 3 is 2.80 bits per heavy atom. The Labute approximate surface area is 91.4 Å². The summed E-state index contributed by atoms with van der Waals surface area (Å²) in [4.78, 5) is 5.01. The standard InChI is InChI=1S/C10H22N2O3/c1-3-14-10(2)12-15-9-7-11-6-4-5-8-13/h11,13H,3-9H2,1-2H3. The molecule has 0 aliphatic heterocycles. The van der Waals surface area contributed by atoms with Gasteiger partial charge in [-0.05, 0) is 26.3 Å². The van der Waals surface area contributed by atoms with Gasteiger partial charge in [-0.1, -0.05) is 5.16 Å². The van der Waals surface area contributed by atoms with Crippen molar-refractivity contribution in [3.05, 3.63) is 0 Å². The molecule has 0 aromatic heterocycles. The molecule has 0 fully saturated rings. The molecule has 90 valence electrons. The maximum absolute atomic E-state index is 8.53. The molecule has 2 N–H and O–H groups in total. The summed E-state index contributed by atoms with van der Waals surface area (Å²) in [6.07, 6.45) is 1.83. The Kier molecular flexibility index (Phi) is 10.7. The van der Waals surface area contributed by atoms with Crippen LogP contribution in [-0.2, 0) is 9.57 Å². The quantitative estimate of drug-likeness (QED) is 0.259. The number of nitrogens with one attached hydrogen (secondary N) is 1. The molecule has 5 heteroatoms. The van der Waals surface area contributed by atoms with Gasteiger partial charge in [-0.2, -0.15) is 0 Å². The summed E-state index contributed by atoms with van der Waals surface area (Å²) in [5, 5.41) is 15.5. The van der Waals surface area contributed by atoms with Crippen molar-refractivity contribution in [3.8, 4) is 0 Å². The molecule has 15 heavy (non-hydrogen) atoms. The number of aliphatic hydroxyl groups is 1. The van der Waals surface area contributed by atoms with Crippen LogP contribution < -0.4 is 5.32 Å². The molecule has 0 radical (unpaired) electrons. The van der Waals surface area contributed by atoms with E-state index in [1.807, 2.05) is 6.92 Å². The van der Waals surface area contributed by atoms with Crippen LogP contribution in [0.5, 0.6) is 0 Å². The molecule has 0 unspecified atom stereocenters. The second-order valence-corrected chi connectivity index (χ2v) is 3.06. The van der Waals surface area contributed by atoms with Gasteiger partial charge in [0.05, 0.1) is 6.61 Å². The number of nitrogens with zero attached hydrogens (tertiary/aromatic N) is 1. The number of unbranched alkanes of at least 4 members (excludes halogenated alkanes) is 1. The molecule has 0 saturated carbocycles. The van der Waals surface area contributed by atoms with E-state index >= 15 is 0 Å². The lowest BCUT2D eigenvalue weighted by atomic mass is 10.3. The van der Waals surface area contributed by atoms with Crippen LogP contribution in [0.1, 0.15) is 26.7 Å². The van der Waals surface area contributed by atoms with Gasteiger partial charge in [0.2, 0.25) is 5.90 Å². The number of hydrogen-bond acceptors (Lipinski definition) is 5. The zero-order chi connectivity index (χ0) is 11.4. The summed E-state index contributed by atoms with van der Waals surface area (Å²) in [6, 6.07) is 0. The highest BCUT2D eigenvalue weighted by Crippen LogP contribution is 1.85. The summed E-state index contributed by atoms with van der Waals surface area (Å²) in [5.41, 5.74) is 0. The molecule has 0 saturated heterocycles. The first-order chi connectivity index (χ1) is 7.31. The number of aliphatic hydroxyl groups excluding tert-OH is 1. The summed E-state index contributed by atoms with van der Waals surface area (Å²) >= 11 is 0. The van der Waals surface area contributed by atoms with Gasteiger partial charge in [0.25, 0.3) is 0 Å². The van der Waals surface area contributed by atoms with Gasteiger partial charge < -0.3 is 20.0 Å². The van der Waals surface area contributed by atoms with Crippen LogP contribution in [0.15, 0.2) is 5.16 Å². The van der Waals surface area contributed by atoms with Crippen molar-refractivity contribution in [2.24, 2.45) is 5.16 Å². The fourth-order valence-electron chi connectivity index (χ4n) is 0.976. The predicted molar refractivity (Wildman–Crippen MR) is 59.9 cm³/mol. The summed E-state index contributed by atoms with van der Waals surface area (Å²) < 4.78 is 5.08. The van der Waals surface area contributed by atoms with E-state index in [4.69, 9.17) is 14.7 Å². The smallest absolute Gasteiger partial charge is 0.222 e. The lowest BCUT2D eigenvalue weighted by molar-refractivity contribution is 0.134. The van der Waals surface area contributed by atoms with Gasteiger partial charge >= 0.3 is 0 Å². The SMILES string of the molecule is CCOC(C)=NOCCNCCCCO. The van der Waals surface area contributed by atoms with E-state index in [1.54, 1.807) is 6.92 Å². The minimum absolute atomic E-state index is 0.260. The first kappa shape index (κ1) is 14.2. The van der Waals surface area contributed by atoms with E-state index in [0.29, 0.717) is 19.1 Å². The lowest BCUT2D eigenvalue weighted by Crippen LogP contribution is -2.20. The third-order valence-electron chi connectivity index (χ3n) is 1.68. The monoisotopic (exact) mass is 218 g/mol. The van der Waals surface area contributed by atoms with Crippen molar-refractivity contribution in [3.63, 3.8) is 0 Å². The lowest BCUT2D eigenvalue weighted by Gasteiger charge is -2.04. The Morgan fingerprint density at radius 1 is 1.33 bits per heavy atom. The second-order valence-electron chi connectivity index (χ2n) is 3.06. The minimum atomic E-state index is 0.260. The molecule has 0 rings (SSSR count). The Balaban J connectivity index is 3.13. The molecule has 0 heterocycles. The molecule has 0 atom stereocenters. The van der Waals surface area contributed by atoms with E-state index < -0.39 is 0 Å². The fourth-order valence-corrected chi connectivity index (χ4v) is 0.976. The number of ether oxygens (including phenoxy) is 1. The van der Waals surface area contributed by atoms with Crippen LogP contribution >= 0.6 is 0 Å². The van der Waals surface area contributed by atoms with Crippen molar-refractivity contribution in [2.75, 3.05) is 32.9 Å². The van der Waals surface area contributed by atoms with Gasteiger partial charge in [-0.25, -0.2) is 0 Å². The molecule has 0 spiro atoms. The minimum Gasteiger partial charge on any atom is -0.479 e. The summed E-state index contributed by atoms with van der Waals surface area (Å²) in [6.45, 7) is 6.73. The van der Waals surface area contributed by atoms with Gasteiger partial charge in [-0.15, -0.1) is 0 Å². The molecule has 0 aromatic rings. The second kappa shape index (κ2) is 11.3. The maximum atomic E-state index is 8.53. The zero-order valence-electron chi connectivity index (χ0n) is 9.66. The van der Waals surface area contributed by atoms with Crippen molar-refractivity contribution < 1.29 is 14.7 Å². The molecule has 0 aromatic carbocycles. The molecule has 5 nitrogen and oxygen atoms in total. The number of oxime groups is 1. The van der Waals surface area contributed by atoms with Crippen LogP contribution in [0.25, 0.3) is 0 Å². The highest BCUT2D eigenvalue weighted by atomic mass is 16.6. The predicted octanol–water partition coefficient (Wildman–Crippen LogP) is 0.735. The van der Waals surface area contributed by atoms with Gasteiger partial charge in [-0.3, -0.25) is 0 Å². The van der Waals surface area contributed by atoms with Crippen molar-refractivity contribution in [2.45, 2.75) is 26.7 Å². The Morgan fingerprint density at radius 2 is 2.13 bits per heavy atom. The molecule has 0 aliphatic carbocycles. The van der Waals surface area contributed by atoms with Crippen molar-refractivity contribution >= 4 is 5.90 Å². The summed E-state index contributed by atoms with van der Waals surface area (Å²) in [7, 11) is 0. The van der Waals surface area contributed by atoms with Crippen molar-refractivity contribution in [1.29, 1.82) is 0 Å². The van der Waals surface area contributed by atoms with E-state index in [1.165, 1.54) is 0 Å². The maximum Gasteiger partial charge on any atom is 0.222 e. The number of hydrogen-bond donors (Lipinski definition) is 2. The Bertz CT molecular complexity index is 163. The largest absolute Gasteiger partial charge is 0.479 e. The van der Waals surface area contributed by atoms with Crippen molar-refractivity contribution in [1.82, 2.24) is 5.32 Å². The van der Waals surface area contributed by atoms with E-state index in [-0.39, 0.29) is 6.61 Å². The average Bonchev–Trinajstić information content (AvgIpc) is 2.22. The van der Waals surface area contributed by atoms with E-state index in [2.05, 4.69) is 10.5 Å². The highest BCUT2D eigenvalue weighted by molar-refractivity contribution is 5.72. The van der Waals surface area contributed by atoms with Crippen LogP contribution in [0.4, 0.5) is 0 Å². The summed E-state index contributed by atoms with van der Waals surface area (Å²) in [5.74, 6) is 0.554. The first-order valence-electron chi connectivity index (χ1n) is 5.42. The molecule has 0 aliphatic rings. The third-order valence-corrected chi connectivity index (χ3v) is 1.68.